The Kier molecular flexibility index (Phi) is 8.28. The van der Waals surface area contributed by atoms with Crippen molar-refractivity contribution in [3.8, 4) is 0 Å². The first-order valence-corrected chi connectivity index (χ1v) is 12.7. The minimum Gasteiger partial charge on any atom is -0.353 e. The lowest BCUT2D eigenvalue weighted by molar-refractivity contribution is -0.132. The first-order chi connectivity index (χ1) is 15.3. The summed E-state index contributed by atoms with van der Waals surface area (Å²) in [6.45, 7) is 2.77. The molecule has 32 heavy (non-hydrogen) atoms. The number of aryl methyl sites for hydroxylation is 1. The van der Waals surface area contributed by atoms with Gasteiger partial charge >= 0.3 is 0 Å². The fourth-order valence-electron chi connectivity index (χ4n) is 3.43. The van der Waals surface area contributed by atoms with Crippen molar-refractivity contribution < 1.29 is 13.2 Å². The molecule has 1 heterocycles. The van der Waals surface area contributed by atoms with Crippen molar-refractivity contribution in [2.75, 3.05) is 13.1 Å². The molecule has 1 aromatic heterocycles. The highest BCUT2D eigenvalue weighted by Gasteiger charge is 2.28. The van der Waals surface area contributed by atoms with Crippen LogP contribution in [0.3, 0.4) is 0 Å². The van der Waals surface area contributed by atoms with Gasteiger partial charge in [0.05, 0.1) is 18.0 Å². The largest absolute Gasteiger partial charge is 0.353 e. The summed E-state index contributed by atoms with van der Waals surface area (Å²) in [6.07, 6.45) is 2.54. The van der Waals surface area contributed by atoms with Crippen LogP contribution in [0, 0.1) is 0 Å². The van der Waals surface area contributed by atoms with Crippen LogP contribution >= 0.6 is 15.9 Å². The predicted octanol–water partition coefficient (Wildman–Crippen LogP) is 4.42. The number of hydrogen-bond donors (Lipinski definition) is 0. The number of benzene rings is 2. The first-order valence-electron chi connectivity index (χ1n) is 10.5. The molecule has 0 aliphatic carbocycles. The van der Waals surface area contributed by atoms with Crippen molar-refractivity contribution in [3.05, 3.63) is 88.7 Å². The lowest BCUT2D eigenvalue weighted by Crippen LogP contribution is -2.43. The third-order valence-electron chi connectivity index (χ3n) is 5.21. The maximum atomic E-state index is 13.4. The van der Waals surface area contributed by atoms with Gasteiger partial charge in [0.1, 0.15) is 0 Å². The lowest BCUT2D eigenvalue weighted by atomic mass is 10.2. The van der Waals surface area contributed by atoms with E-state index in [2.05, 4.69) is 15.9 Å². The van der Waals surface area contributed by atoms with Crippen LogP contribution in [0.5, 0.6) is 0 Å². The number of aromatic nitrogens is 1. The summed E-state index contributed by atoms with van der Waals surface area (Å²) in [5, 5.41) is 0. The minimum atomic E-state index is -3.79. The van der Waals surface area contributed by atoms with Crippen molar-refractivity contribution in [1.82, 2.24) is 13.8 Å². The summed E-state index contributed by atoms with van der Waals surface area (Å²) in [4.78, 5) is 15.3. The molecule has 0 saturated carbocycles. The van der Waals surface area contributed by atoms with Gasteiger partial charge in [0.15, 0.2) is 0 Å². The molecule has 2 aromatic carbocycles. The molecule has 1 amide bonds. The van der Waals surface area contributed by atoms with Gasteiger partial charge in [-0.05, 0) is 48.4 Å². The molecule has 0 bridgehead atoms. The Morgan fingerprint density at radius 1 is 0.969 bits per heavy atom. The summed E-state index contributed by atoms with van der Waals surface area (Å²) in [6, 6.07) is 20.1. The first kappa shape index (κ1) is 24.2. The van der Waals surface area contributed by atoms with Gasteiger partial charge in [0.2, 0.25) is 15.9 Å². The molecule has 0 saturated heterocycles. The van der Waals surface area contributed by atoms with Crippen LogP contribution in [0.25, 0.3) is 0 Å². The monoisotopic (exact) mass is 517 g/mol. The zero-order valence-electron chi connectivity index (χ0n) is 18.3. The summed E-state index contributed by atoms with van der Waals surface area (Å²) in [7, 11) is -1.86. The maximum Gasteiger partial charge on any atom is 0.243 e. The lowest BCUT2D eigenvalue weighted by Gasteiger charge is -2.27. The van der Waals surface area contributed by atoms with E-state index < -0.39 is 10.0 Å². The minimum absolute atomic E-state index is 0.180. The van der Waals surface area contributed by atoms with Gasteiger partial charge in [-0.3, -0.25) is 4.79 Å². The molecule has 0 unspecified atom stereocenters. The second-order valence-corrected chi connectivity index (χ2v) is 10.5. The number of rotatable bonds is 10. The van der Waals surface area contributed by atoms with E-state index in [1.165, 1.54) is 4.31 Å². The predicted molar refractivity (Wildman–Crippen MR) is 129 cm³/mol. The second kappa shape index (κ2) is 10.9. The number of amides is 1. The summed E-state index contributed by atoms with van der Waals surface area (Å²) >= 11 is 3.33. The van der Waals surface area contributed by atoms with Crippen molar-refractivity contribution in [1.29, 1.82) is 0 Å². The van der Waals surface area contributed by atoms with Gasteiger partial charge < -0.3 is 9.47 Å². The smallest absolute Gasteiger partial charge is 0.243 e. The van der Waals surface area contributed by atoms with E-state index in [1.54, 1.807) is 29.2 Å². The van der Waals surface area contributed by atoms with E-state index in [9.17, 15) is 13.2 Å². The van der Waals surface area contributed by atoms with E-state index in [1.807, 2.05) is 67.2 Å². The zero-order valence-corrected chi connectivity index (χ0v) is 20.7. The van der Waals surface area contributed by atoms with Crippen LogP contribution in [-0.2, 0) is 35.0 Å². The molecule has 3 rings (SSSR count). The Hall–Kier alpha value is -2.42. The highest BCUT2D eigenvalue weighted by molar-refractivity contribution is 9.10. The van der Waals surface area contributed by atoms with Crippen molar-refractivity contribution >= 4 is 31.9 Å². The number of hydrogen-bond acceptors (Lipinski definition) is 3. The highest BCUT2D eigenvalue weighted by atomic mass is 79.9. The molecule has 8 heteroatoms. The molecule has 0 N–H and O–H groups in total. The van der Waals surface area contributed by atoms with Gasteiger partial charge in [0.25, 0.3) is 0 Å². The molecule has 0 fully saturated rings. The fraction of sp³-hybridized carbons (Fsp3) is 0.292. The van der Waals surface area contributed by atoms with Gasteiger partial charge in [-0.2, -0.15) is 4.31 Å². The highest BCUT2D eigenvalue weighted by Crippen LogP contribution is 2.20. The van der Waals surface area contributed by atoms with Gasteiger partial charge in [0, 0.05) is 36.5 Å². The number of nitrogens with zero attached hydrogens (tertiary/aromatic N) is 3. The molecular weight excluding hydrogens is 490 g/mol. The number of halogens is 1. The Labute approximate surface area is 198 Å². The maximum absolute atomic E-state index is 13.4. The van der Waals surface area contributed by atoms with E-state index in [-0.39, 0.29) is 23.9 Å². The number of carbonyl (C=O) groups excluding carboxylic acids is 1. The van der Waals surface area contributed by atoms with Crippen LogP contribution < -0.4 is 0 Å². The van der Waals surface area contributed by atoms with Gasteiger partial charge in [-0.15, -0.1) is 0 Å². The van der Waals surface area contributed by atoms with Crippen LogP contribution in [0.15, 0.2) is 82.3 Å². The van der Waals surface area contributed by atoms with Gasteiger partial charge in [-0.25, -0.2) is 8.42 Å². The van der Waals surface area contributed by atoms with Gasteiger partial charge in [-0.1, -0.05) is 53.2 Å². The van der Waals surface area contributed by atoms with Crippen molar-refractivity contribution in [2.24, 2.45) is 7.05 Å². The normalized spacial score (nSPS) is 11.6. The van der Waals surface area contributed by atoms with Crippen molar-refractivity contribution in [2.45, 2.75) is 31.3 Å². The number of sulfonamides is 1. The molecule has 0 radical (unpaired) electrons. The summed E-state index contributed by atoms with van der Waals surface area (Å²) in [5.41, 5.74) is 1.97. The molecular formula is C24H28BrN3O3S. The fourth-order valence-corrected chi connectivity index (χ4v) is 5.18. The summed E-state index contributed by atoms with van der Waals surface area (Å²) in [5.74, 6) is -0.232. The zero-order chi connectivity index (χ0) is 23.1. The Balaban J connectivity index is 1.85. The summed E-state index contributed by atoms with van der Waals surface area (Å²) < 4.78 is 30.6. The quantitative estimate of drug-likeness (QED) is 0.399. The Morgan fingerprint density at radius 2 is 1.66 bits per heavy atom. The molecule has 170 valence electrons. The average Bonchev–Trinajstić information content (AvgIpc) is 3.18. The Bertz CT molecular complexity index is 1130. The van der Waals surface area contributed by atoms with Crippen molar-refractivity contribution in [3.63, 3.8) is 0 Å². The molecule has 3 aromatic rings. The SMILES string of the molecule is CCCN(CC(=O)N(Cc1ccccc1)Cc1cccn1C)S(=O)(=O)c1ccc(Br)cc1. The van der Waals surface area contributed by atoms with Crippen LogP contribution in [0.2, 0.25) is 0 Å². The van der Waals surface area contributed by atoms with Crippen LogP contribution in [-0.4, -0.2) is 41.2 Å². The van der Waals surface area contributed by atoms with Crippen LogP contribution in [0.4, 0.5) is 0 Å². The standard InChI is InChI=1S/C24H28BrN3O3S/c1-3-15-28(32(30,31)23-13-11-21(25)12-14-23)19-24(29)27(17-20-8-5-4-6-9-20)18-22-10-7-16-26(22)2/h4-14,16H,3,15,17-19H2,1-2H3. The molecule has 0 aliphatic rings. The second-order valence-electron chi connectivity index (χ2n) is 7.64. The third kappa shape index (κ3) is 6.09. The Morgan fingerprint density at radius 3 is 2.25 bits per heavy atom. The van der Waals surface area contributed by atoms with E-state index in [4.69, 9.17) is 0 Å². The van der Waals surface area contributed by atoms with E-state index in [0.29, 0.717) is 19.5 Å². The third-order valence-corrected chi connectivity index (χ3v) is 7.60. The molecule has 0 spiro atoms. The molecule has 0 atom stereocenters. The molecule has 6 nitrogen and oxygen atoms in total. The average molecular weight is 518 g/mol. The van der Waals surface area contributed by atoms with E-state index in [0.717, 1.165) is 15.7 Å². The number of carbonyl (C=O) groups is 1. The van der Waals surface area contributed by atoms with Crippen LogP contribution in [0.1, 0.15) is 24.6 Å². The van der Waals surface area contributed by atoms with E-state index >= 15 is 0 Å². The topological polar surface area (TPSA) is 62.6 Å². The molecule has 0 aliphatic heterocycles.